The van der Waals surface area contributed by atoms with E-state index in [1.807, 2.05) is 55.5 Å². The predicted octanol–water partition coefficient (Wildman–Crippen LogP) is 3.87. The van der Waals surface area contributed by atoms with Crippen molar-refractivity contribution in [1.82, 2.24) is 19.5 Å². The summed E-state index contributed by atoms with van der Waals surface area (Å²) in [5, 5.41) is 24.0. The number of carbonyl (C=O) groups is 1. The van der Waals surface area contributed by atoms with Crippen molar-refractivity contribution in [2.75, 3.05) is 26.1 Å². The Hall–Kier alpha value is -3.41. The summed E-state index contributed by atoms with van der Waals surface area (Å²) in [6.07, 6.45) is -2.95. The van der Waals surface area contributed by atoms with Crippen molar-refractivity contribution < 1.29 is 43.4 Å². The third-order valence-corrected chi connectivity index (χ3v) is 9.42. The zero-order valence-corrected chi connectivity index (χ0v) is 30.3. The Labute approximate surface area is 291 Å². The maximum Gasteiger partial charge on any atom is 0.395 e. The summed E-state index contributed by atoms with van der Waals surface area (Å²) in [5.74, 6) is -0.234. The van der Waals surface area contributed by atoms with Crippen molar-refractivity contribution in [3.05, 3.63) is 40.2 Å². The van der Waals surface area contributed by atoms with E-state index in [2.05, 4.69) is 19.7 Å². The summed E-state index contributed by atoms with van der Waals surface area (Å²) in [7, 11) is -1.31. The summed E-state index contributed by atoms with van der Waals surface area (Å²) in [5.41, 5.74) is 4.60. The number of aliphatic hydroxyl groups is 2. The van der Waals surface area contributed by atoms with Crippen LogP contribution < -0.4 is 24.6 Å². The van der Waals surface area contributed by atoms with Gasteiger partial charge in [0.15, 0.2) is 33.0 Å². The molecule has 5 rings (SSSR count). The third kappa shape index (κ3) is 7.58. The van der Waals surface area contributed by atoms with Gasteiger partial charge in [-0.3, -0.25) is 9.09 Å². The monoisotopic (exact) mass is 796 g/mol. The van der Waals surface area contributed by atoms with Gasteiger partial charge in [-0.05, 0) is 37.1 Å². The number of nitrogen functional groups attached to an aromatic ring is 1. The highest BCUT2D eigenvalue weighted by atomic mass is 127. The lowest BCUT2D eigenvalue weighted by Crippen LogP contribution is -2.45. The van der Waals surface area contributed by atoms with Gasteiger partial charge in [-0.25, -0.2) is 9.78 Å². The minimum Gasteiger partial charge on any atom is -0.575 e. The van der Waals surface area contributed by atoms with Crippen LogP contribution in [0, 0.1) is 9.25 Å². The predicted molar refractivity (Wildman–Crippen MR) is 183 cm³/mol. The molecule has 15 nitrogen and oxygen atoms in total. The number of benzene rings is 2. The van der Waals surface area contributed by atoms with Gasteiger partial charge < -0.3 is 39.8 Å². The van der Waals surface area contributed by atoms with Crippen LogP contribution in [0.4, 0.5) is 5.95 Å². The molecule has 0 saturated carbocycles. The van der Waals surface area contributed by atoms with Gasteiger partial charge in [-0.15, -0.1) is 0 Å². The van der Waals surface area contributed by atoms with Crippen LogP contribution in [0.5, 0.6) is 17.4 Å². The highest BCUT2D eigenvalue weighted by Crippen LogP contribution is 2.43. The van der Waals surface area contributed by atoms with E-state index < -0.39 is 44.2 Å². The largest absolute Gasteiger partial charge is 0.575 e. The molecule has 6 atom stereocenters. The lowest BCUT2D eigenvalue weighted by molar-refractivity contribution is -0.169. The standard InChI is InChI=1S/C31H38IN6O9P/c1-16(26(40)44-14-13-30(2,3)4)37-48(42)47-22-18-10-8-7-9-17(18)11-12-19(22)45-15-20-23(39)31(5,41)27(46-20)38-24-21(34-28(38)32)25(43-6)36-29(33)35-24/h7-12,16,20,23,27,39,41H,13-15H2,1-6H3,(H2,33,35,36)/t16-,20+,23+,27+,31+/m0/s1. The first-order valence-electron chi connectivity index (χ1n) is 15.1. The number of rotatable bonds is 11. The minimum absolute atomic E-state index is 0.0138. The average molecular weight is 797 g/mol. The zero-order valence-electron chi connectivity index (χ0n) is 27.3. The van der Waals surface area contributed by atoms with Gasteiger partial charge in [0.1, 0.15) is 24.4 Å². The van der Waals surface area contributed by atoms with Crippen molar-refractivity contribution in [2.45, 2.75) is 71.1 Å². The van der Waals surface area contributed by atoms with Gasteiger partial charge in [-0.1, -0.05) is 55.8 Å². The first kappa shape index (κ1) is 35.9. The van der Waals surface area contributed by atoms with E-state index in [1.165, 1.54) is 25.5 Å². The number of fused-ring (bicyclic) bond motifs is 2. The van der Waals surface area contributed by atoms with Crippen LogP contribution in [0.15, 0.2) is 41.1 Å². The molecule has 1 aliphatic rings. The molecule has 48 heavy (non-hydrogen) atoms. The summed E-state index contributed by atoms with van der Waals surface area (Å²) in [6, 6.07) is 9.62. The number of esters is 1. The number of aromatic nitrogens is 4. The SMILES string of the molecule is COc1nc(N)nc2c1nc(I)n2[C@@H]1O[C@H](COc2ccc3ccccc3c2O/[P+]([O-])=N/[C@@H](C)C(=O)OCCC(C)(C)C)[C@@H](O)[C@@]1(C)O. The third-order valence-electron chi connectivity index (χ3n) is 7.79. The van der Waals surface area contributed by atoms with E-state index in [1.54, 1.807) is 24.3 Å². The average Bonchev–Trinajstić information content (AvgIpc) is 3.45. The number of halogens is 1. The van der Waals surface area contributed by atoms with Crippen LogP contribution in [0.25, 0.3) is 21.9 Å². The van der Waals surface area contributed by atoms with Gasteiger partial charge in [-0.2, -0.15) is 9.97 Å². The van der Waals surface area contributed by atoms with Crippen LogP contribution >= 0.6 is 30.8 Å². The quantitative estimate of drug-likeness (QED) is 0.0854. The molecule has 2 aromatic carbocycles. The maximum atomic E-state index is 13.1. The number of hydrogen-bond donors (Lipinski definition) is 3. The fraction of sp³-hybridized carbons (Fsp3) is 0.484. The molecule has 0 aliphatic carbocycles. The number of hydrogen-bond acceptors (Lipinski definition) is 14. The molecular formula is C31H38IN6O9P. The second-order valence-corrected chi connectivity index (χ2v) is 14.6. The fourth-order valence-corrected chi connectivity index (χ4v) is 6.60. The number of ether oxygens (including phenoxy) is 4. The molecule has 1 fully saturated rings. The molecule has 4 aromatic rings. The van der Waals surface area contributed by atoms with Crippen molar-refractivity contribution in [1.29, 1.82) is 0 Å². The number of nitrogens with two attached hydrogens (primary N) is 1. The molecule has 0 radical (unpaired) electrons. The van der Waals surface area contributed by atoms with E-state index in [0.717, 1.165) is 5.39 Å². The van der Waals surface area contributed by atoms with Crippen molar-refractivity contribution >= 4 is 64.6 Å². The Morgan fingerprint density at radius 3 is 2.69 bits per heavy atom. The molecule has 3 heterocycles. The highest BCUT2D eigenvalue weighted by Gasteiger charge is 2.54. The summed E-state index contributed by atoms with van der Waals surface area (Å²) >= 11 is 1.96. The number of anilines is 1. The van der Waals surface area contributed by atoms with Crippen molar-refractivity contribution in [3.8, 4) is 17.4 Å². The van der Waals surface area contributed by atoms with Gasteiger partial charge in [0.2, 0.25) is 17.6 Å². The molecule has 17 heteroatoms. The summed E-state index contributed by atoms with van der Waals surface area (Å²) in [4.78, 5) is 38.4. The Balaban J connectivity index is 1.37. The van der Waals surface area contributed by atoms with Crippen molar-refractivity contribution in [2.24, 2.45) is 10.2 Å². The minimum atomic E-state index is -2.73. The number of nitrogens with zero attached hydrogens (tertiary/aromatic N) is 5. The summed E-state index contributed by atoms with van der Waals surface area (Å²) in [6.45, 7) is 9.00. The Morgan fingerprint density at radius 1 is 1.25 bits per heavy atom. The van der Waals surface area contributed by atoms with Crippen LogP contribution in [0.2, 0.25) is 0 Å². The van der Waals surface area contributed by atoms with E-state index in [9.17, 15) is 19.9 Å². The van der Waals surface area contributed by atoms with E-state index in [0.29, 0.717) is 21.2 Å². The second-order valence-electron chi connectivity index (χ2n) is 12.7. The zero-order chi connectivity index (χ0) is 35.0. The molecule has 1 unspecified atom stereocenters. The smallest absolute Gasteiger partial charge is 0.395 e. The lowest BCUT2D eigenvalue weighted by Gasteiger charge is -2.27. The Kier molecular flexibility index (Phi) is 10.6. The van der Waals surface area contributed by atoms with Gasteiger partial charge in [0.25, 0.3) is 0 Å². The number of methoxy groups -OCH3 is 1. The number of aliphatic hydroxyl groups excluding tert-OH is 1. The van der Waals surface area contributed by atoms with E-state index in [4.69, 9.17) is 29.2 Å². The molecule has 4 N–H and O–H groups in total. The van der Waals surface area contributed by atoms with E-state index in [-0.39, 0.29) is 47.6 Å². The molecule has 0 bridgehead atoms. The van der Waals surface area contributed by atoms with Crippen LogP contribution in [0.1, 0.15) is 47.3 Å². The number of carbonyl (C=O) groups excluding carboxylic acids is 1. The summed E-state index contributed by atoms with van der Waals surface area (Å²) < 4.78 is 34.6. The highest BCUT2D eigenvalue weighted by molar-refractivity contribution is 14.1. The fourth-order valence-electron chi connectivity index (χ4n) is 5.11. The normalized spacial score (nSPS) is 22.2. The first-order chi connectivity index (χ1) is 22.6. The van der Waals surface area contributed by atoms with Crippen LogP contribution in [-0.4, -0.2) is 79.9 Å². The molecule has 0 spiro atoms. The van der Waals surface area contributed by atoms with Gasteiger partial charge in [0, 0.05) is 28.0 Å². The molecule has 2 aromatic heterocycles. The van der Waals surface area contributed by atoms with Gasteiger partial charge in [0.05, 0.1) is 13.7 Å². The molecule has 258 valence electrons. The topological polar surface area (TPSA) is 209 Å². The van der Waals surface area contributed by atoms with Crippen LogP contribution in [-0.2, 0) is 14.3 Å². The second kappa shape index (κ2) is 14.2. The molecule has 0 amide bonds. The number of imidazole rings is 1. The Bertz CT molecular complexity index is 1850. The lowest BCUT2D eigenvalue weighted by atomic mass is 9.93. The van der Waals surface area contributed by atoms with Crippen LogP contribution in [0.3, 0.4) is 0 Å². The Morgan fingerprint density at radius 2 is 1.98 bits per heavy atom. The molecule has 1 aliphatic heterocycles. The van der Waals surface area contributed by atoms with Gasteiger partial charge >= 0.3 is 14.1 Å². The van der Waals surface area contributed by atoms with Crippen molar-refractivity contribution in [3.63, 3.8) is 0 Å². The van der Waals surface area contributed by atoms with E-state index >= 15 is 0 Å². The molecule has 1 saturated heterocycles. The first-order valence-corrected chi connectivity index (χ1v) is 17.3. The molecular weight excluding hydrogens is 758 g/mol. The maximum absolute atomic E-state index is 13.1.